The van der Waals surface area contributed by atoms with Crippen LogP contribution >= 0.6 is 23.2 Å². The third-order valence-electron chi connectivity index (χ3n) is 2.72. The largest absolute Gasteiger partial charge is 0.356 e. The number of hydrogen-bond acceptors (Lipinski definition) is 4. The van der Waals surface area contributed by atoms with Crippen molar-refractivity contribution < 1.29 is 0 Å². The molecule has 18 heavy (non-hydrogen) atoms. The molecular weight excluding hydrogens is 271 g/mol. The van der Waals surface area contributed by atoms with Crippen LogP contribution in [-0.4, -0.2) is 48.6 Å². The van der Waals surface area contributed by atoms with Crippen LogP contribution in [-0.2, 0) is 5.88 Å². The van der Waals surface area contributed by atoms with Crippen LogP contribution in [0.2, 0.25) is 5.15 Å². The van der Waals surface area contributed by atoms with Gasteiger partial charge in [-0.05, 0) is 34.0 Å². The van der Waals surface area contributed by atoms with Crippen LogP contribution in [0.25, 0.3) is 0 Å². The molecule has 0 saturated heterocycles. The minimum Gasteiger partial charge on any atom is -0.356 e. The Balaban J connectivity index is 2.78. The Morgan fingerprint density at radius 1 is 1.22 bits per heavy atom. The van der Waals surface area contributed by atoms with Gasteiger partial charge < -0.3 is 9.80 Å². The van der Waals surface area contributed by atoms with Crippen molar-refractivity contribution in [2.24, 2.45) is 0 Å². The predicted molar refractivity (Wildman–Crippen MR) is 77.7 cm³/mol. The van der Waals surface area contributed by atoms with Crippen molar-refractivity contribution in [3.8, 4) is 0 Å². The van der Waals surface area contributed by atoms with Gasteiger partial charge in [-0.1, -0.05) is 11.6 Å². The van der Waals surface area contributed by atoms with Gasteiger partial charge in [0.2, 0.25) is 0 Å². The van der Waals surface area contributed by atoms with Gasteiger partial charge in [-0.25, -0.2) is 9.97 Å². The zero-order chi connectivity index (χ0) is 13.5. The van der Waals surface area contributed by atoms with Gasteiger partial charge in [-0.3, -0.25) is 0 Å². The molecule has 1 aromatic heterocycles. The summed E-state index contributed by atoms with van der Waals surface area (Å²) < 4.78 is 0. The van der Waals surface area contributed by atoms with E-state index in [1.807, 2.05) is 0 Å². The van der Waals surface area contributed by atoms with Crippen molar-refractivity contribution in [3.05, 3.63) is 17.0 Å². The molecule has 4 nitrogen and oxygen atoms in total. The maximum atomic E-state index is 6.04. The quantitative estimate of drug-likeness (QED) is 0.571. The molecule has 0 amide bonds. The Hall–Kier alpha value is -0.580. The molecule has 6 heteroatoms. The lowest BCUT2D eigenvalue weighted by Crippen LogP contribution is -2.28. The van der Waals surface area contributed by atoms with E-state index < -0.39 is 0 Å². The topological polar surface area (TPSA) is 32.3 Å². The molecule has 0 radical (unpaired) electrons. The van der Waals surface area contributed by atoms with E-state index in [4.69, 9.17) is 23.2 Å². The standard InChI is InChI=1S/C12H20Cl2N4/c1-4-18(7-5-6-17(2)3)12-10(8-13)11(14)15-9-16-12/h9H,4-8H2,1-3H3. The highest BCUT2D eigenvalue weighted by atomic mass is 35.5. The van der Waals surface area contributed by atoms with E-state index in [9.17, 15) is 0 Å². The Morgan fingerprint density at radius 3 is 2.50 bits per heavy atom. The van der Waals surface area contributed by atoms with Crippen molar-refractivity contribution in [1.82, 2.24) is 14.9 Å². The van der Waals surface area contributed by atoms with Crippen LogP contribution in [0.3, 0.4) is 0 Å². The number of rotatable bonds is 7. The number of aromatic nitrogens is 2. The maximum absolute atomic E-state index is 6.04. The fourth-order valence-corrected chi connectivity index (χ4v) is 2.27. The SMILES string of the molecule is CCN(CCCN(C)C)c1ncnc(Cl)c1CCl. The summed E-state index contributed by atoms with van der Waals surface area (Å²) in [5.74, 6) is 1.19. The maximum Gasteiger partial charge on any atom is 0.138 e. The molecule has 0 fully saturated rings. The second-order valence-corrected chi connectivity index (χ2v) is 4.96. The molecule has 1 aromatic rings. The predicted octanol–water partition coefficient (Wildman–Crippen LogP) is 2.65. The molecule has 0 aliphatic rings. The second-order valence-electron chi connectivity index (χ2n) is 4.34. The van der Waals surface area contributed by atoms with E-state index in [0.29, 0.717) is 11.0 Å². The molecule has 0 spiro atoms. The summed E-state index contributed by atoms with van der Waals surface area (Å²) in [6.07, 6.45) is 2.56. The van der Waals surface area contributed by atoms with Gasteiger partial charge in [-0.2, -0.15) is 0 Å². The first-order valence-electron chi connectivity index (χ1n) is 6.05. The molecular formula is C12H20Cl2N4. The van der Waals surface area contributed by atoms with Crippen molar-refractivity contribution in [3.63, 3.8) is 0 Å². The monoisotopic (exact) mass is 290 g/mol. The molecule has 1 rings (SSSR count). The van der Waals surface area contributed by atoms with Crippen LogP contribution in [0.1, 0.15) is 18.9 Å². The third kappa shape index (κ3) is 4.26. The summed E-state index contributed by atoms with van der Waals surface area (Å²) in [4.78, 5) is 12.6. The van der Waals surface area contributed by atoms with Crippen molar-refractivity contribution in [2.75, 3.05) is 38.6 Å². The first-order valence-corrected chi connectivity index (χ1v) is 6.96. The first kappa shape index (κ1) is 15.5. The second kappa shape index (κ2) is 7.77. The average Bonchev–Trinajstić information content (AvgIpc) is 2.34. The summed E-state index contributed by atoms with van der Waals surface area (Å²) in [5.41, 5.74) is 0.813. The lowest BCUT2D eigenvalue weighted by Gasteiger charge is -2.24. The first-order chi connectivity index (χ1) is 8.60. The highest BCUT2D eigenvalue weighted by Gasteiger charge is 2.14. The number of anilines is 1. The van der Waals surface area contributed by atoms with Gasteiger partial charge in [0.25, 0.3) is 0 Å². The Kier molecular flexibility index (Phi) is 6.68. The zero-order valence-electron chi connectivity index (χ0n) is 11.2. The normalized spacial score (nSPS) is 11.0. The van der Waals surface area contributed by atoms with Crippen LogP contribution in [0.5, 0.6) is 0 Å². The number of alkyl halides is 1. The van der Waals surface area contributed by atoms with Gasteiger partial charge in [0.15, 0.2) is 0 Å². The van der Waals surface area contributed by atoms with Crippen LogP contribution in [0, 0.1) is 0 Å². The van der Waals surface area contributed by atoms with E-state index >= 15 is 0 Å². The smallest absolute Gasteiger partial charge is 0.138 e. The molecule has 102 valence electrons. The molecule has 0 aliphatic carbocycles. The molecule has 0 unspecified atom stereocenters. The van der Waals surface area contributed by atoms with Crippen LogP contribution in [0.15, 0.2) is 6.33 Å². The van der Waals surface area contributed by atoms with E-state index in [2.05, 4.69) is 40.8 Å². The minimum atomic E-state index is 0.333. The van der Waals surface area contributed by atoms with Crippen molar-refractivity contribution in [1.29, 1.82) is 0 Å². The van der Waals surface area contributed by atoms with Gasteiger partial charge >= 0.3 is 0 Å². The van der Waals surface area contributed by atoms with Gasteiger partial charge in [0.1, 0.15) is 17.3 Å². The Bertz CT molecular complexity index is 371. The summed E-state index contributed by atoms with van der Waals surface area (Å²) in [6.45, 7) is 4.96. The van der Waals surface area contributed by atoms with Gasteiger partial charge in [0, 0.05) is 18.7 Å². The molecule has 0 bridgehead atoms. The lowest BCUT2D eigenvalue weighted by molar-refractivity contribution is 0.400. The minimum absolute atomic E-state index is 0.333. The molecule has 0 atom stereocenters. The average molecular weight is 291 g/mol. The summed E-state index contributed by atoms with van der Waals surface area (Å²) in [6, 6.07) is 0. The van der Waals surface area contributed by atoms with Gasteiger partial charge in [-0.15, -0.1) is 11.6 Å². The zero-order valence-corrected chi connectivity index (χ0v) is 12.7. The fraction of sp³-hybridized carbons (Fsp3) is 0.667. The third-order valence-corrected chi connectivity index (χ3v) is 3.31. The highest BCUT2D eigenvalue weighted by molar-refractivity contribution is 6.31. The van der Waals surface area contributed by atoms with E-state index in [1.165, 1.54) is 6.33 Å². The van der Waals surface area contributed by atoms with E-state index in [1.54, 1.807) is 0 Å². The fourth-order valence-electron chi connectivity index (χ4n) is 1.76. The van der Waals surface area contributed by atoms with Crippen molar-refractivity contribution in [2.45, 2.75) is 19.2 Å². The van der Waals surface area contributed by atoms with E-state index in [-0.39, 0.29) is 0 Å². The summed E-state index contributed by atoms with van der Waals surface area (Å²) >= 11 is 12.0. The molecule has 0 N–H and O–H groups in total. The lowest BCUT2D eigenvalue weighted by atomic mass is 10.3. The molecule has 0 saturated carbocycles. The summed E-state index contributed by atoms with van der Waals surface area (Å²) in [7, 11) is 4.14. The summed E-state index contributed by atoms with van der Waals surface area (Å²) in [5, 5.41) is 0.445. The molecule has 0 aliphatic heterocycles. The Labute approximate surface area is 119 Å². The number of hydrogen-bond donors (Lipinski definition) is 0. The van der Waals surface area contributed by atoms with Crippen LogP contribution in [0.4, 0.5) is 5.82 Å². The molecule has 0 aromatic carbocycles. The molecule has 1 heterocycles. The number of nitrogens with zero attached hydrogens (tertiary/aromatic N) is 4. The van der Waals surface area contributed by atoms with Crippen LogP contribution < -0.4 is 4.90 Å². The highest BCUT2D eigenvalue weighted by Crippen LogP contribution is 2.25. The van der Waals surface area contributed by atoms with E-state index in [0.717, 1.165) is 37.4 Å². The van der Waals surface area contributed by atoms with Gasteiger partial charge in [0.05, 0.1) is 5.88 Å². The van der Waals surface area contributed by atoms with Crippen molar-refractivity contribution >= 4 is 29.0 Å². The Morgan fingerprint density at radius 2 is 1.94 bits per heavy atom. The number of halogens is 2.